The fourth-order valence-corrected chi connectivity index (χ4v) is 1.32. The summed E-state index contributed by atoms with van der Waals surface area (Å²) in [7, 11) is 1.68. The summed E-state index contributed by atoms with van der Waals surface area (Å²) in [5.74, 6) is 0. The molecule has 0 heterocycles. The van der Waals surface area contributed by atoms with Gasteiger partial charge in [-0.25, -0.2) is 0 Å². The van der Waals surface area contributed by atoms with Gasteiger partial charge in [0.2, 0.25) is 12.8 Å². The molecule has 0 unspecified atom stereocenters. The van der Waals surface area contributed by atoms with Crippen LogP contribution in [0.3, 0.4) is 0 Å². The third-order valence-electron chi connectivity index (χ3n) is 2.34. The molecule has 1 fully saturated rings. The highest BCUT2D eigenvalue weighted by Gasteiger charge is 2.39. The maximum Gasteiger partial charge on any atom is 0.211 e. The summed E-state index contributed by atoms with van der Waals surface area (Å²) in [6, 6.07) is 0. The molecule has 0 aromatic carbocycles. The number of nitrogens with zero attached hydrogens (tertiary/aromatic N) is 1. The molecule has 0 bridgehead atoms. The molecule has 1 rings (SSSR count). The molecule has 0 saturated heterocycles. The third-order valence-corrected chi connectivity index (χ3v) is 2.34. The van der Waals surface area contributed by atoms with Gasteiger partial charge in [-0.1, -0.05) is 0 Å². The van der Waals surface area contributed by atoms with E-state index in [-0.39, 0.29) is 5.66 Å². The van der Waals surface area contributed by atoms with Crippen LogP contribution in [0.4, 0.5) is 0 Å². The molecule has 11 heavy (non-hydrogen) atoms. The summed E-state index contributed by atoms with van der Waals surface area (Å²) in [6.07, 6.45) is 4.19. The normalized spacial score (nSPS) is 19.7. The summed E-state index contributed by atoms with van der Waals surface area (Å²) in [6.45, 7) is 0. The first-order valence-electron chi connectivity index (χ1n) is 3.65. The topological polar surface area (TPSA) is 49.4 Å². The highest BCUT2D eigenvalue weighted by molar-refractivity contribution is 5.53. The van der Waals surface area contributed by atoms with Crippen molar-refractivity contribution in [2.45, 2.75) is 24.9 Å². The lowest BCUT2D eigenvalue weighted by atomic mass is 9.84. The molecule has 4 nitrogen and oxygen atoms in total. The number of hydrogen-bond acceptors (Lipinski definition) is 2. The van der Waals surface area contributed by atoms with E-state index in [0.717, 1.165) is 25.7 Å². The quantitative estimate of drug-likeness (QED) is 0.449. The fourth-order valence-electron chi connectivity index (χ4n) is 1.32. The van der Waals surface area contributed by atoms with E-state index in [1.807, 2.05) is 0 Å². The molecule has 1 N–H and O–H groups in total. The van der Waals surface area contributed by atoms with Gasteiger partial charge in [0.15, 0.2) is 0 Å². The van der Waals surface area contributed by atoms with Crippen molar-refractivity contribution in [1.82, 2.24) is 10.2 Å². The van der Waals surface area contributed by atoms with Crippen LogP contribution in [0.2, 0.25) is 0 Å². The van der Waals surface area contributed by atoms with Crippen LogP contribution in [-0.2, 0) is 9.59 Å². The van der Waals surface area contributed by atoms with E-state index in [1.165, 1.54) is 4.90 Å². The Kier molecular flexibility index (Phi) is 2.12. The molecule has 62 valence electrons. The van der Waals surface area contributed by atoms with Crippen molar-refractivity contribution in [2.75, 3.05) is 7.05 Å². The van der Waals surface area contributed by atoms with Gasteiger partial charge in [0.05, 0.1) is 0 Å². The summed E-state index contributed by atoms with van der Waals surface area (Å²) in [5.41, 5.74) is -0.372. The van der Waals surface area contributed by atoms with Crippen LogP contribution >= 0.6 is 0 Å². The number of carbonyl (C=O) groups excluding carboxylic acids is 2. The van der Waals surface area contributed by atoms with Gasteiger partial charge < -0.3 is 10.2 Å². The van der Waals surface area contributed by atoms with E-state index in [1.54, 1.807) is 7.05 Å². The molecule has 2 amide bonds. The number of nitrogens with one attached hydrogen (secondary N) is 1. The highest BCUT2D eigenvalue weighted by Crippen LogP contribution is 2.32. The van der Waals surface area contributed by atoms with Gasteiger partial charge in [-0.05, 0) is 19.3 Å². The van der Waals surface area contributed by atoms with Crippen LogP contribution in [0, 0.1) is 0 Å². The second kappa shape index (κ2) is 2.90. The van der Waals surface area contributed by atoms with Gasteiger partial charge in [0.1, 0.15) is 5.66 Å². The maximum absolute atomic E-state index is 10.4. The lowest BCUT2D eigenvalue weighted by Crippen LogP contribution is -2.61. The molecule has 0 atom stereocenters. The fraction of sp³-hybridized carbons (Fsp3) is 0.714. The second-order valence-corrected chi connectivity index (χ2v) is 2.86. The molecule has 0 aliphatic heterocycles. The average Bonchev–Trinajstić information content (AvgIpc) is 1.95. The minimum atomic E-state index is -0.372. The Morgan fingerprint density at radius 2 is 2.09 bits per heavy atom. The summed E-state index contributed by atoms with van der Waals surface area (Å²) in [5, 5.41) is 2.66. The predicted octanol–water partition coefficient (Wildman–Crippen LogP) is -0.299. The van der Waals surface area contributed by atoms with Crippen molar-refractivity contribution in [1.29, 1.82) is 0 Å². The maximum atomic E-state index is 10.4. The number of hydrogen-bond donors (Lipinski definition) is 1. The monoisotopic (exact) mass is 156 g/mol. The molecule has 0 aromatic rings. The van der Waals surface area contributed by atoms with Gasteiger partial charge >= 0.3 is 0 Å². The van der Waals surface area contributed by atoms with E-state index in [0.29, 0.717) is 6.41 Å². The van der Waals surface area contributed by atoms with Gasteiger partial charge in [-0.15, -0.1) is 0 Å². The van der Waals surface area contributed by atoms with Crippen LogP contribution in [0.15, 0.2) is 0 Å². The summed E-state index contributed by atoms with van der Waals surface area (Å²) in [4.78, 5) is 22.1. The molecular formula is C7H12N2O2. The second-order valence-electron chi connectivity index (χ2n) is 2.86. The van der Waals surface area contributed by atoms with Crippen LogP contribution in [0.25, 0.3) is 0 Å². The van der Waals surface area contributed by atoms with Crippen LogP contribution in [0.1, 0.15) is 19.3 Å². The van der Waals surface area contributed by atoms with Crippen molar-refractivity contribution < 1.29 is 9.59 Å². The van der Waals surface area contributed by atoms with E-state index in [4.69, 9.17) is 0 Å². The Bertz CT molecular complexity index is 166. The molecule has 1 saturated carbocycles. The van der Waals surface area contributed by atoms with Gasteiger partial charge in [-0.3, -0.25) is 9.59 Å². The van der Waals surface area contributed by atoms with Crippen molar-refractivity contribution >= 4 is 12.8 Å². The summed E-state index contributed by atoms with van der Waals surface area (Å²) >= 11 is 0. The molecule has 4 heteroatoms. The lowest BCUT2D eigenvalue weighted by Gasteiger charge is -2.46. The first-order chi connectivity index (χ1) is 5.25. The Morgan fingerprint density at radius 1 is 1.45 bits per heavy atom. The molecular weight excluding hydrogens is 144 g/mol. The Morgan fingerprint density at radius 3 is 2.36 bits per heavy atom. The molecule has 1 aliphatic carbocycles. The molecule has 1 aliphatic rings. The summed E-state index contributed by atoms with van der Waals surface area (Å²) < 4.78 is 0. The smallest absolute Gasteiger partial charge is 0.211 e. The zero-order chi connectivity index (χ0) is 8.32. The predicted molar refractivity (Wildman–Crippen MR) is 39.6 cm³/mol. The molecule has 0 radical (unpaired) electrons. The SMILES string of the molecule is CN(C=O)C1(NC=O)CCC1. The largest absolute Gasteiger partial charge is 0.336 e. The standard InChI is InChI=1S/C7H12N2O2/c1-9(6-11)7(8-5-10)3-2-4-7/h5-6H,2-4H2,1H3,(H,8,10). The van der Waals surface area contributed by atoms with Crippen LogP contribution < -0.4 is 5.32 Å². The van der Waals surface area contributed by atoms with Crippen molar-refractivity contribution in [3.05, 3.63) is 0 Å². The first kappa shape index (κ1) is 8.04. The van der Waals surface area contributed by atoms with Crippen molar-refractivity contribution in [2.24, 2.45) is 0 Å². The van der Waals surface area contributed by atoms with E-state index in [2.05, 4.69) is 5.32 Å². The van der Waals surface area contributed by atoms with E-state index < -0.39 is 0 Å². The Labute approximate surface area is 65.6 Å². The van der Waals surface area contributed by atoms with Gasteiger partial charge in [0.25, 0.3) is 0 Å². The zero-order valence-corrected chi connectivity index (χ0v) is 6.54. The molecule has 0 aromatic heterocycles. The lowest BCUT2D eigenvalue weighted by molar-refractivity contribution is -0.130. The van der Waals surface area contributed by atoms with Crippen LogP contribution in [-0.4, -0.2) is 30.4 Å². The molecule has 0 spiro atoms. The number of amides is 2. The van der Waals surface area contributed by atoms with Crippen LogP contribution in [0.5, 0.6) is 0 Å². The van der Waals surface area contributed by atoms with Gasteiger partial charge in [-0.2, -0.15) is 0 Å². The Hall–Kier alpha value is -1.06. The minimum absolute atomic E-state index is 0.372. The highest BCUT2D eigenvalue weighted by atomic mass is 16.1. The Balaban J connectivity index is 2.58. The number of carbonyl (C=O) groups is 2. The first-order valence-corrected chi connectivity index (χ1v) is 3.65. The van der Waals surface area contributed by atoms with E-state index >= 15 is 0 Å². The third kappa shape index (κ3) is 1.20. The van der Waals surface area contributed by atoms with E-state index in [9.17, 15) is 9.59 Å². The van der Waals surface area contributed by atoms with Crippen molar-refractivity contribution in [3.63, 3.8) is 0 Å². The minimum Gasteiger partial charge on any atom is -0.336 e. The average molecular weight is 156 g/mol. The van der Waals surface area contributed by atoms with Crippen molar-refractivity contribution in [3.8, 4) is 0 Å². The number of rotatable bonds is 4. The van der Waals surface area contributed by atoms with Gasteiger partial charge in [0, 0.05) is 7.05 Å². The zero-order valence-electron chi connectivity index (χ0n) is 6.54.